The Bertz CT molecular complexity index is 601. The van der Waals surface area contributed by atoms with E-state index in [0.29, 0.717) is 18.5 Å². The summed E-state index contributed by atoms with van der Waals surface area (Å²) in [6, 6.07) is 8.37. The van der Waals surface area contributed by atoms with Crippen molar-refractivity contribution in [2.75, 3.05) is 31.1 Å². The molecule has 0 radical (unpaired) electrons. The van der Waals surface area contributed by atoms with Crippen LogP contribution in [-0.4, -0.2) is 42.3 Å². The molecule has 5 nitrogen and oxygen atoms in total. The first-order valence-corrected chi connectivity index (χ1v) is 7.16. The molecule has 0 amide bonds. The zero-order valence-electron chi connectivity index (χ0n) is 12.0. The second-order valence-electron chi connectivity index (χ2n) is 5.08. The number of benzene rings is 1. The standard InChI is InChI=1S/C15H20N4O/c1-3-20-15-14(19-9-8-16-11(2)10-19)17-12-6-4-5-7-13(12)18-15/h4-7,11,16H,3,8-10H2,1-2H3. The number of nitrogens with one attached hydrogen (secondary N) is 1. The molecule has 106 valence electrons. The lowest BCUT2D eigenvalue weighted by Gasteiger charge is -2.33. The van der Waals surface area contributed by atoms with Crippen LogP contribution < -0.4 is 15.0 Å². The van der Waals surface area contributed by atoms with Crippen molar-refractivity contribution in [3.05, 3.63) is 24.3 Å². The van der Waals surface area contributed by atoms with Crippen LogP contribution in [-0.2, 0) is 0 Å². The SMILES string of the molecule is CCOc1nc2ccccc2nc1N1CCNC(C)C1. The van der Waals surface area contributed by atoms with E-state index in [1.807, 2.05) is 31.2 Å². The minimum absolute atomic E-state index is 0.450. The van der Waals surface area contributed by atoms with E-state index in [4.69, 9.17) is 9.72 Å². The molecule has 1 aromatic carbocycles. The van der Waals surface area contributed by atoms with E-state index < -0.39 is 0 Å². The second kappa shape index (κ2) is 5.63. The molecule has 1 atom stereocenters. The summed E-state index contributed by atoms with van der Waals surface area (Å²) in [5.41, 5.74) is 1.79. The van der Waals surface area contributed by atoms with Gasteiger partial charge in [-0.3, -0.25) is 0 Å². The van der Waals surface area contributed by atoms with Crippen LogP contribution in [0.3, 0.4) is 0 Å². The fourth-order valence-corrected chi connectivity index (χ4v) is 2.54. The Hall–Kier alpha value is -1.88. The zero-order valence-corrected chi connectivity index (χ0v) is 12.0. The maximum atomic E-state index is 5.70. The van der Waals surface area contributed by atoms with E-state index in [9.17, 15) is 0 Å². The van der Waals surface area contributed by atoms with Crippen LogP contribution in [0, 0.1) is 0 Å². The van der Waals surface area contributed by atoms with Gasteiger partial charge in [-0.15, -0.1) is 0 Å². The molecule has 0 saturated carbocycles. The molecule has 2 aromatic rings. The quantitative estimate of drug-likeness (QED) is 0.923. The van der Waals surface area contributed by atoms with Gasteiger partial charge >= 0.3 is 0 Å². The average Bonchev–Trinajstić information content (AvgIpc) is 2.47. The molecule has 1 fully saturated rings. The van der Waals surface area contributed by atoms with Crippen LogP contribution in [0.25, 0.3) is 11.0 Å². The molecular formula is C15H20N4O. The van der Waals surface area contributed by atoms with Gasteiger partial charge in [0.25, 0.3) is 5.88 Å². The van der Waals surface area contributed by atoms with Crippen molar-refractivity contribution in [3.63, 3.8) is 0 Å². The lowest BCUT2D eigenvalue weighted by atomic mass is 10.2. The fraction of sp³-hybridized carbons (Fsp3) is 0.467. The maximum Gasteiger partial charge on any atom is 0.258 e. The van der Waals surface area contributed by atoms with Crippen LogP contribution in [0.4, 0.5) is 5.82 Å². The predicted octanol–water partition coefficient (Wildman–Crippen LogP) is 1.83. The average molecular weight is 272 g/mol. The molecular weight excluding hydrogens is 252 g/mol. The fourth-order valence-electron chi connectivity index (χ4n) is 2.54. The van der Waals surface area contributed by atoms with Crippen LogP contribution in [0.1, 0.15) is 13.8 Å². The minimum atomic E-state index is 0.450. The largest absolute Gasteiger partial charge is 0.475 e. The lowest BCUT2D eigenvalue weighted by Crippen LogP contribution is -2.49. The van der Waals surface area contributed by atoms with Crippen LogP contribution in [0.2, 0.25) is 0 Å². The van der Waals surface area contributed by atoms with Crippen molar-refractivity contribution in [2.24, 2.45) is 0 Å². The number of hydrogen-bond donors (Lipinski definition) is 1. The Morgan fingerprint density at radius 2 is 2.05 bits per heavy atom. The third-order valence-electron chi connectivity index (χ3n) is 3.47. The Morgan fingerprint density at radius 1 is 1.30 bits per heavy atom. The molecule has 3 rings (SSSR count). The van der Waals surface area contributed by atoms with E-state index in [-0.39, 0.29) is 0 Å². The van der Waals surface area contributed by atoms with Crippen molar-refractivity contribution in [1.29, 1.82) is 0 Å². The van der Waals surface area contributed by atoms with Gasteiger partial charge in [0.2, 0.25) is 0 Å². The molecule has 1 N–H and O–H groups in total. The van der Waals surface area contributed by atoms with Crippen LogP contribution in [0.5, 0.6) is 5.88 Å². The summed E-state index contributed by atoms with van der Waals surface area (Å²) in [5.74, 6) is 1.50. The molecule has 2 heterocycles. The second-order valence-corrected chi connectivity index (χ2v) is 5.08. The highest BCUT2D eigenvalue weighted by Crippen LogP contribution is 2.27. The molecule has 1 aliphatic heterocycles. The van der Waals surface area contributed by atoms with Gasteiger partial charge in [-0.25, -0.2) is 9.97 Å². The summed E-state index contributed by atoms with van der Waals surface area (Å²) in [6.07, 6.45) is 0. The van der Waals surface area contributed by atoms with Crippen LogP contribution >= 0.6 is 0 Å². The van der Waals surface area contributed by atoms with E-state index in [1.165, 1.54) is 0 Å². The Labute approximate surface area is 119 Å². The molecule has 0 spiro atoms. The lowest BCUT2D eigenvalue weighted by molar-refractivity contribution is 0.325. The van der Waals surface area contributed by atoms with Crippen molar-refractivity contribution in [1.82, 2.24) is 15.3 Å². The number of ether oxygens (including phenoxy) is 1. The molecule has 1 aliphatic rings. The first-order chi connectivity index (χ1) is 9.78. The molecule has 1 unspecified atom stereocenters. The monoisotopic (exact) mass is 272 g/mol. The molecule has 0 bridgehead atoms. The summed E-state index contributed by atoms with van der Waals surface area (Å²) in [6.45, 7) is 7.56. The number of rotatable bonds is 3. The number of aromatic nitrogens is 2. The van der Waals surface area contributed by atoms with Crippen molar-refractivity contribution in [3.8, 4) is 5.88 Å². The third-order valence-corrected chi connectivity index (χ3v) is 3.47. The third kappa shape index (κ3) is 2.54. The van der Waals surface area contributed by atoms with Crippen molar-refractivity contribution in [2.45, 2.75) is 19.9 Å². The van der Waals surface area contributed by atoms with Gasteiger partial charge in [0.1, 0.15) is 0 Å². The van der Waals surface area contributed by atoms with E-state index >= 15 is 0 Å². The highest BCUT2D eigenvalue weighted by Gasteiger charge is 2.21. The molecule has 1 aromatic heterocycles. The topological polar surface area (TPSA) is 50.3 Å². The minimum Gasteiger partial charge on any atom is -0.475 e. The van der Waals surface area contributed by atoms with E-state index in [0.717, 1.165) is 36.5 Å². The smallest absolute Gasteiger partial charge is 0.258 e. The summed E-state index contributed by atoms with van der Waals surface area (Å²) < 4.78 is 5.70. The van der Waals surface area contributed by atoms with Gasteiger partial charge < -0.3 is 15.0 Å². The summed E-state index contributed by atoms with van der Waals surface area (Å²) >= 11 is 0. The first-order valence-electron chi connectivity index (χ1n) is 7.16. The molecule has 0 aliphatic carbocycles. The summed E-state index contributed by atoms with van der Waals surface area (Å²) in [7, 11) is 0. The van der Waals surface area contributed by atoms with Gasteiger partial charge in [-0.1, -0.05) is 12.1 Å². The maximum absolute atomic E-state index is 5.70. The number of piperazine rings is 1. The first kappa shape index (κ1) is 13.1. The molecule has 5 heteroatoms. The van der Waals surface area contributed by atoms with E-state index in [1.54, 1.807) is 0 Å². The van der Waals surface area contributed by atoms with Crippen molar-refractivity contribution >= 4 is 16.9 Å². The number of fused-ring (bicyclic) bond motifs is 1. The predicted molar refractivity (Wildman–Crippen MR) is 80.4 cm³/mol. The normalized spacial score (nSPS) is 19.3. The molecule has 20 heavy (non-hydrogen) atoms. The van der Waals surface area contributed by atoms with Gasteiger partial charge in [0, 0.05) is 25.7 Å². The highest BCUT2D eigenvalue weighted by atomic mass is 16.5. The number of anilines is 1. The Balaban J connectivity index is 2.04. The Morgan fingerprint density at radius 3 is 2.75 bits per heavy atom. The van der Waals surface area contributed by atoms with Crippen LogP contribution in [0.15, 0.2) is 24.3 Å². The van der Waals surface area contributed by atoms with Gasteiger partial charge in [0.15, 0.2) is 5.82 Å². The van der Waals surface area contributed by atoms with Gasteiger partial charge in [-0.05, 0) is 26.0 Å². The highest BCUT2D eigenvalue weighted by molar-refractivity contribution is 5.77. The van der Waals surface area contributed by atoms with E-state index in [2.05, 4.69) is 22.1 Å². The number of nitrogens with zero attached hydrogens (tertiary/aromatic N) is 3. The Kier molecular flexibility index (Phi) is 3.69. The zero-order chi connectivity index (χ0) is 13.9. The number of hydrogen-bond acceptors (Lipinski definition) is 5. The van der Waals surface area contributed by atoms with Gasteiger partial charge in [-0.2, -0.15) is 0 Å². The summed E-state index contributed by atoms with van der Waals surface area (Å²) in [4.78, 5) is 11.6. The molecule has 1 saturated heterocycles. The summed E-state index contributed by atoms with van der Waals surface area (Å²) in [5, 5.41) is 3.44. The van der Waals surface area contributed by atoms with Gasteiger partial charge in [0.05, 0.1) is 17.6 Å². The van der Waals surface area contributed by atoms with Crippen molar-refractivity contribution < 1.29 is 4.74 Å². The number of para-hydroxylation sites is 2.